The van der Waals surface area contributed by atoms with E-state index < -0.39 is 0 Å². The number of ether oxygens (including phenoxy) is 3. The molecule has 0 aliphatic rings. The summed E-state index contributed by atoms with van der Waals surface area (Å²) >= 11 is 0. The molecule has 0 fully saturated rings. The van der Waals surface area contributed by atoms with Gasteiger partial charge >= 0.3 is 11.9 Å². The number of carbonyl (C=O) groups excluding carboxylic acids is 2. The van der Waals surface area contributed by atoms with Crippen LogP contribution in [0.4, 0.5) is 0 Å². The molecule has 0 unspecified atom stereocenters. The fourth-order valence-corrected chi connectivity index (χ4v) is 8.64. The first-order chi connectivity index (χ1) is 29.0. The highest BCUT2D eigenvalue weighted by atomic mass is 16.5. The van der Waals surface area contributed by atoms with E-state index in [1.807, 2.05) is 19.1 Å². The lowest BCUT2D eigenvalue weighted by atomic mass is 9.75. The molecular formula is C54H98O6. The Labute approximate surface area is 371 Å². The van der Waals surface area contributed by atoms with Crippen molar-refractivity contribution in [3.63, 3.8) is 0 Å². The van der Waals surface area contributed by atoms with Gasteiger partial charge in [0.05, 0.1) is 19.8 Å². The number of hydrogen-bond donors (Lipinski definition) is 1. The molecule has 0 saturated carbocycles. The second-order valence-corrected chi connectivity index (χ2v) is 19.4. The number of carbonyl (C=O) groups is 2. The monoisotopic (exact) mass is 843 g/mol. The zero-order valence-electron chi connectivity index (χ0n) is 40.8. The minimum atomic E-state index is -0.357. The molecule has 6 heteroatoms. The van der Waals surface area contributed by atoms with E-state index in [2.05, 4.69) is 41.5 Å². The van der Waals surface area contributed by atoms with Gasteiger partial charge in [0, 0.05) is 24.0 Å². The Morgan fingerprint density at radius 3 is 1.10 bits per heavy atom. The van der Waals surface area contributed by atoms with Crippen LogP contribution in [0, 0.1) is 0 Å². The van der Waals surface area contributed by atoms with Gasteiger partial charge in [0.2, 0.25) is 0 Å². The van der Waals surface area contributed by atoms with E-state index >= 15 is 0 Å². The number of phenolic OH excluding ortho intramolecular Hbond substituents is 1. The molecular weight excluding hydrogens is 745 g/mol. The van der Waals surface area contributed by atoms with Crippen LogP contribution in [-0.4, -0.2) is 36.9 Å². The van der Waals surface area contributed by atoms with E-state index in [1.165, 1.54) is 154 Å². The van der Waals surface area contributed by atoms with Crippen molar-refractivity contribution in [3.8, 4) is 11.5 Å². The van der Waals surface area contributed by atoms with Crippen LogP contribution in [0.1, 0.15) is 278 Å². The van der Waals surface area contributed by atoms with Gasteiger partial charge in [-0.3, -0.25) is 9.59 Å². The molecule has 0 spiro atoms. The van der Waals surface area contributed by atoms with Gasteiger partial charge < -0.3 is 19.3 Å². The lowest BCUT2D eigenvalue weighted by Crippen LogP contribution is -2.22. The first kappa shape index (κ1) is 55.8. The number of unbranched alkanes of at least 4 members (excludes halogenated alkanes) is 26. The summed E-state index contributed by atoms with van der Waals surface area (Å²) < 4.78 is 17.3. The molecule has 0 atom stereocenters. The summed E-state index contributed by atoms with van der Waals surface area (Å²) in [5, 5.41) is 11.3. The van der Waals surface area contributed by atoms with Crippen LogP contribution in [-0.2, 0) is 29.9 Å². The van der Waals surface area contributed by atoms with E-state index in [1.54, 1.807) is 0 Å². The lowest BCUT2D eigenvalue weighted by molar-refractivity contribution is -0.144. The lowest BCUT2D eigenvalue weighted by Gasteiger charge is -2.31. The summed E-state index contributed by atoms with van der Waals surface area (Å²) in [5.74, 6) is 0.774. The van der Waals surface area contributed by atoms with Gasteiger partial charge in [-0.05, 0) is 68.4 Å². The Balaban J connectivity index is 2.32. The smallest absolute Gasteiger partial charge is 0.305 e. The van der Waals surface area contributed by atoms with Crippen LogP contribution in [0.3, 0.4) is 0 Å². The van der Waals surface area contributed by atoms with Crippen molar-refractivity contribution in [2.45, 2.75) is 278 Å². The average molecular weight is 843 g/mol. The van der Waals surface area contributed by atoms with Crippen molar-refractivity contribution in [2.24, 2.45) is 0 Å². The summed E-state index contributed by atoms with van der Waals surface area (Å²) in [4.78, 5) is 25.1. The summed E-state index contributed by atoms with van der Waals surface area (Å²) in [6.07, 6.45) is 40.4. The summed E-state index contributed by atoms with van der Waals surface area (Å²) in [5.41, 5.74) is 1.11. The molecule has 6 nitrogen and oxygen atoms in total. The topological polar surface area (TPSA) is 82.1 Å². The predicted octanol–water partition coefficient (Wildman–Crippen LogP) is 16.7. The van der Waals surface area contributed by atoms with Crippen LogP contribution in [0.15, 0.2) is 12.1 Å². The maximum absolute atomic E-state index is 12.6. The second kappa shape index (κ2) is 36.3. The fraction of sp³-hybridized carbons (Fsp3) is 0.852. The minimum absolute atomic E-state index is 0.121. The molecule has 1 N–H and O–H groups in total. The highest BCUT2D eigenvalue weighted by molar-refractivity contribution is 5.69. The van der Waals surface area contributed by atoms with Crippen molar-refractivity contribution in [3.05, 3.63) is 23.3 Å². The van der Waals surface area contributed by atoms with Crippen molar-refractivity contribution < 1.29 is 28.9 Å². The normalized spacial score (nSPS) is 11.9. The maximum atomic E-state index is 12.6. The molecule has 0 aromatic heterocycles. The van der Waals surface area contributed by atoms with Gasteiger partial charge in [0.1, 0.15) is 11.5 Å². The van der Waals surface area contributed by atoms with E-state index in [9.17, 15) is 14.7 Å². The molecule has 0 amide bonds. The largest absolute Gasteiger partial charge is 0.508 e. The Kier molecular flexibility index (Phi) is 33.7. The van der Waals surface area contributed by atoms with Crippen molar-refractivity contribution in [2.75, 3.05) is 19.8 Å². The number of phenols is 1. The maximum Gasteiger partial charge on any atom is 0.305 e. The van der Waals surface area contributed by atoms with Crippen molar-refractivity contribution in [1.82, 2.24) is 0 Å². The summed E-state index contributed by atoms with van der Waals surface area (Å²) in [7, 11) is 0. The number of esters is 2. The Bertz CT molecular complexity index is 1190. The summed E-state index contributed by atoms with van der Waals surface area (Å²) in [6, 6.07) is 3.86. The van der Waals surface area contributed by atoms with E-state index in [0.29, 0.717) is 45.5 Å². The van der Waals surface area contributed by atoms with E-state index in [-0.39, 0.29) is 28.5 Å². The molecule has 0 saturated heterocycles. The van der Waals surface area contributed by atoms with Crippen LogP contribution in [0.25, 0.3) is 0 Å². The molecule has 0 radical (unpaired) electrons. The van der Waals surface area contributed by atoms with Gasteiger partial charge in [-0.25, -0.2) is 0 Å². The fourth-order valence-electron chi connectivity index (χ4n) is 8.64. The zero-order chi connectivity index (χ0) is 44.2. The third-order valence-corrected chi connectivity index (χ3v) is 12.7. The molecule has 350 valence electrons. The first-order valence-corrected chi connectivity index (χ1v) is 25.8. The van der Waals surface area contributed by atoms with Gasteiger partial charge in [-0.15, -0.1) is 0 Å². The third kappa shape index (κ3) is 28.4. The molecule has 60 heavy (non-hydrogen) atoms. The molecule has 1 rings (SSSR count). The first-order valence-electron chi connectivity index (χ1n) is 25.8. The zero-order valence-corrected chi connectivity index (χ0v) is 40.8. The molecule has 0 aliphatic carbocycles. The molecule has 0 bridgehead atoms. The molecule has 1 aromatic carbocycles. The quantitative estimate of drug-likeness (QED) is 0.0521. The average Bonchev–Trinajstić information content (AvgIpc) is 3.21. The highest BCUT2D eigenvalue weighted by Crippen LogP contribution is 2.44. The SMILES string of the molecule is CCCCCCCCCCCCCCCCOC(=O)CCCC(C)(C)c1cc(OCC)c(C(C)(C)CCCC(=O)OCCCCCCCCCCCCCCCC)cc1O. The number of aromatic hydroxyl groups is 1. The van der Waals surface area contributed by atoms with E-state index in [4.69, 9.17) is 14.2 Å². The van der Waals surface area contributed by atoms with Gasteiger partial charge in [0.25, 0.3) is 0 Å². The van der Waals surface area contributed by atoms with Gasteiger partial charge in [-0.1, -0.05) is 208 Å². The Morgan fingerprint density at radius 1 is 0.450 bits per heavy atom. The van der Waals surface area contributed by atoms with Crippen LogP contribution in [0.5, 0.6) is 11.5 Å². The second-order valence-electron chi connectivity index (χ2n) is 19.4. The minimum Gasteiger partial charge on any atom is -0.508 e. The highest BCUT2D eigenvalue weighted by Gasteiger charge is 2.31. The van der Waals surface area contributed by atoms with Crippen LogP contribution >= 0.6 is 0 Å². The van der Waals surface area contributed by atoms with Crippen LogP contribution < -0.4 is 4.74 Å². The summed E-state index contributed by atoms with van der Waals surface area (Å²) in [6.45, 7) is 16.6. The van der Waals surface area contributed by atoms with Gasteiger partial charge in [-0.2, -0.15) is 0 Å². The Hall–Kier alpha value is -2.24. The van der Waals surface area contributed by atoms with E-state index in [0.717, 1.165) is 55.4 Å². The number of hydrogen-bond acceptors (Lipinski definition) is 6. The number of benzene rings is 1. The van der Waals surface area contributed by atoms with Crippen molar-refractivity contribution >= 4 is 11.9 Å². The predicted molar refractivity (Wildman–Crippen MR) is 256 cm³/mol. The Morgan fingerprint density at radius 2 is 0.767 bits per heavy atom. The number of rotatable bonds is 42. The molecule has 1 aromatic rings. The standard InChI is InChI=1S/C54H98O6/c1-8-11-13-15-17-19-21-23-25-27-29-31-33-35-43-59-51(56)39-37-41-53(4,5)47-46-50(58-10-3)48(45-49(47)55)54(6,7)42-38-40-52(57)60-44-36-34-32-30-28-26-24-22-20-18-16-14-12-9-2/h45-46,55H,8-44H2,1-7H3. The third-order valence-electron chi connectivity index (χ3n) is 12.7. The van der Waals surface area contributed by atoms with Gasteiger partial charge in [0.15, 0.2) is 0 Å². The molecule has 0 heterocycles. The molecule has 0 aliphatic heterocycles. The van der Waals surface area contributed by atoms with Crippen molar-refractivity contribution in [1.29, 1.82) is 0 Å². The van der Waals surface area contributed by atoms with Crippen LogP contribution in [0.2, 0.25) is 0 Å².